The van der Waals surface area contributed by atoms with Crippen molar-refractivity contribution in [2.75, 3.05) is 13.2 Å². The lowest BCUT2D eigenvalue weighted by atomic mass is 9.70. The Morgan fingerprint density at radius 3 is 2.29 bits per heavy atom. The second-order valence-electron chi connectivity index (χ2n) is 14.3. The van der Waals surface area contributed by atoms with E-state index in [-0.39, 0.29) is 24.8 Å². The smallest absolute Gasteiger partial charge is 0.313 e. The summed E-state index contributed by atoms with van der Waals surface area (Å²) in [5, 5.41) is 13.7. The topological polar surface area (TPSA) is 125 Å². The second-order valence-corrected chi connectivity index (χ2v) is 14.3. The highest BCUT2D eigenvalue weighted by Gasteiger charge is 2.76. The van der Waals surface area contributed by atoms with E-state index in [4.69, 9.17) is 9.47 Å². The summed E-state index contributed by atoms with van der Waals surface area (Å²) in [6.45, 7) is 14.9. The summed E-state index contributed by atoms with van der Waals surface area (Å²) in [7, 11) is 0. The predicted octanol–water partition coefficient (Wildman–Crippen LogP) is 4.66. The van der Waals surface area contributed by atoms with E-state index in [0.29, 0.717) is 30.4 Å². The molecule has 8 atom stereocenters. The summed E-state index contributed by atoms with van der Waals surface area (Å²) in [6.07, 6.45) is 3.43. The molecule has 3 aliphatic rings. The summed E-state index contributed by atoms with van der Waals surface area (Å²) >= 11 is 0. The molecular weight excluding hydrogens is 622 g/mol. The van der Waals surface area contributed by atoms with Gasteiger partial charge in [-0.1, -0.05) is 72.8 Å². The van der Waals surface area contributed by atoms with Crippen molar-refractivity contribution in [2.45, 2.75) is 94.9 Å². The maximum Gasteiger partial charge on any atom is 0.313 e. The third-order valence-electron chi connectivity index (χ3n) is 10.1. The Morgan fingerprint density at radius 2 is 1.71 bits per heavy atom. The van der Waals surface area contributed by atoms with Crippen LogP contribution in [0.2, 0.25) is 0 Å². The number of hydrogen-bond acceptors (Lipinski definition) is 7. The van der Waals surface area contributed by atoms with Gasteiger partial charge in [-0.2, -0.15) is 0 Å². The van der Waals surface area contributed by atoms with Crippen molar-refractivity contribution in [1.29, 1.82) is 0 Å². The molecule has 0 saturated carbocycles. The molecule has 3 saturated heterocycles. The maximum absolute atomic E-state index is 14.8. The fraction of sp³-hybridized carbons (Fsp3) is 0.487. The number of amides is 3. The van der Waals surface area contributed by atoms with E-state index in [1.54, 1.807) is 24.0 Å². The first-order valence-electron chi connectivity index (χ1n) is 17.1. The van der Waals surface area contributed by atoms with Crippen LogP contribution in [-0.4, -0.2) is 81.1 Å². The second kappa shape index (κ2) is 14.7. The molecule has 2 aromatic carbocycles. The van der Waals surface area contributed by atoms with Crippen molar-refractivity contribution in [3.05, 3.63) is 97.1 Å². The van der Waals surface area contributed by atoms with E-state index < -0.39 is 71.8 Å². The van der Waals surface area contributed by atoms with E-state index in [0.717, 1.165) is 0 Å². The third kappa shape index (κ3) is 6.81. The van der Waals surface area contributed by atoms with Crippen molar-refractivity contribution in [1.82, 2.24) is 15.1 Å². The zero-order chi connectivity index (χ0) is 35.5. The Bertz CT molecular complexity index is 1540. The fourth-order valence-electron chi connectivity index (χ4n) is 7.91. The standard InChI is InChI=1S/C39H49N3O7/c1-7-9-20-30(44)40-25(3)33(27-18-14-11-15-19-27)48-37(47)31-29-21-22-39(49-29)32(31)35(45)42(28(24-43)26-16-12-10-13-17-26)34(39)36(46)41(23-8-2)38(4,5)6/h7-8,10-19,25,28-29,31-34,43H,1-2,9,20-24H2,3-6H3,(H,40,44)/t25-,28-,29-,31+,32+,33-,34-,39+/m1/s1. The first-order valence-corrected chi connectivity index (χ1v) is 17.1. The van der Waals surface area contributed by atoms with Crippen LogP contribution in [0.4, 0.5) is 0 Å². The Kier molecular flexibility index (Phi) is 10.8. The number of ether oxygens (including phenoxy) is 2. The molecule has 0 unspecified atom stereocenters. The van der Waals surface area contributed by atoms with Crippen molar-refractivity contribution < 1.29 is 33.8 Å². The summed E-state index contributed by atoms with van der Waals surface area (Å²) in [5.41, 5.74) is -0.576. The molecule has 0 radical (unpaired) electrons. The number of likely N-dealkylation sites (tertiary alicyclic amines) is 1. The lowest BCUT2D eigenvalue weighted by molar-refractivity contribution is -0.163. The quantitative estimate of drug-likeness (QED) is 0.221. The number of carbonyl (C=O) groups excluding carboxylic acids is 4. The SMILES string of the molecule is C=CCCC(=O)N[C@H](C)[C@@H](OC(=O)[C@@H]1[C@H]2C(=O)N([C@H](CO)c3ccccc3)[C@H](C(=O)N(CC=C)C(C)(C)C)[C@]23CC[C@H]1O3)c1ccccc1. The highest BCUT2D eigenvalue weighted by molar-refractivity contribution is 5.98. The van der Waals surface area contributed by atoms with Crippen LogP contribution in [0.5, 0.6) is 0 Å². The van der Waals surface area contributed by atoms with Crippen LogP contribution in [0.1, 0.15) is 76.7 Å². The monoisotopic (exact) mass is 671 g/mol. The molecule has 3 fully saturated rings. The number of rotatable bonds is 14. The van der Waals surface area contributed by atoms with Gasteiger partial charge in [-0.3, -0.25) is 19.2 Å². The van der Waals surface area contributed by atoms with Crippen molar-refractivity contribution in [3.63, 3.8) is 0 Å². The summed E-state index contributed by atoms with van der Waals surface area (Å²) in [5.74, 6) is -3.59. The number of nitrogens with zero attached hydrogens (tertiary/aromatic N) is 2. The molecule has 0 aromatic heterocycles. The Morgan fingerprint density at radius 1 is 1.08 bits per heavy atom. The van der Waals surface area contributed by atoms with Crippen LogP contribution >= 0.6 is 0 Å². The molecule has 2 N–H and O–H groups in total. The van der Waals surface area contributed by atoms with Crippen LogP contribution in [0.15, 0.2) is 86.0 Å². The van der Waals surface area contributed by atoms with E-state index >= 15 is 0 Å². The highest BCUT2D eigenvalue weighted by atomic mass is 16.6. The molecule has 3 aliphatic heterocycles. The van der Waals surface area contributed by atoms with E-state index in [1.165, 1.54) is 4.90 Å². The molecule has 2 aromatic rings. The van der Waals surface area contributed by atoms with Crippen molar-refractivity contribution in [2.24, 2.45) is 11.8 Å². The van der Waals surface area contributed by atoms with Gasteiger partial charge in [0.25, 0.3) is 0 Å². The molecular formula is C39H49N3O7. The Balaban J connectivity index is 1.54. The number of fused-ring (bicyclic) bond motifs is 1. The number of benzene rings is 2. The maximum atomic E-state index is 14.8. The highest BCUT2D eigenvalue weighted by Crippen LogP contribution is 2.60. The lowest BCUT2D eigenvalue weighted by Crippen LogP contribution is -2.60. The van der Waals surface area contributed by atoms with Gasteiger partial charge in [0.2, 0.25) is 17.7 Å². The lowest BCUT2D eigenvalue weighted by Gasteiger charge is -2.43. The molecule has 262 valence electrons. The summed E-state index contributed by atoms with van der Waals surface area (Å²) < 4.78 is 12.9. The molecule has 49 heavy (non-hydrogen) atoms. The van der Waals surface area contributed by atoms with Gasteiger partial charge in [0.15, 0.2) is 0 Å². The largest absolute Gasteiger partial charge is 0.455 e. The number of allylic oxidation sites excluding steroid dienone is 1. The first kappa shape index (κ1) is 36.0. The van der Waals surface area contributed by atoms with Crippen LogP contribution in [-0.2, 0) is 28.7 Å². The van der Waals surface area contributed by atoms with E-state index in [2.05, 4.69) is 18.5 Å². The fourth-order valence-corrected chi connectivity index (χ4v) is 7.91. The van der Waals surface area contributed by atoms with Gasteiger partial charge in [0.1, 0.15) is 17.7 Å². The number of nitrogens with one attached hydrogen (secondary N) is 1. The zero-order valence-corrected chi connectivity index (χ0v) is 28.9. The van der Waals surface area contributed by atoms with Gasteiger partial charge >= 0.3 is 5.97 Å². The van der Waals surface area contributed by atoms with E-state index in [1.807, 2.05) is 81.4 Å². The third-order valence-corrected chi connectivity index (χ3v) is 10.1. The predicted molar refractivity (Wildman–Crippen MR) is 185 cm³/mol. The van der Waals surface area contributed by atoms with Gasteiger partial charge in [0, 0.05) is 18.5 Å². The normalized spacial score (nSPS) is 26.0. The Labute approximate surface area is 289 Å². The van der Waals surface area contributed by atoms with E-state index in [9.17, 15) is 24.3 Å². The minimum Gasteiger partial charge on any atom is -0.455 e. The number of esters is 1. The average molecular weight is 672 g/mol. The van der Waals surface area contributed by atoms with Gasteiger partial charge < -0.3 is 29.7 Å². The molecule has 3 heterocycles. The van der Waals surface area contributed by atoms with Gasteiger partial charge in [-0.05, 0) is 58.1 Å². The minimum absolute atomic E-state index is 0.201. The first-order chi connectivity index (χ1) is 23.4. The van der Waals surface area contributed by atoms with Gasteiger partial charge in [-0.25, -0.2) is 0 Å². The van der Waals surface area contributed by atoms with Crippen molar-refractivity contribution >= 4 is 23.7 Å². The molecule has 2 bridgehead atoms. The number of aliphatic hydroxyl groups is 1. The molecule has 3 amide bonds. The summed E-state index contributed by atoms with van der Waals surface area (Å²) in [4.78, 5) is 59.8. The van der Waals surface area contributed by atoms with Crippen molar-refractivity contribution in [3.8, 4) is 0 Å². The average Bonchev–Trinajstić information content (AvgIpc) is 3.73. The number of aliphatic hydroxyl groups excluding tert-OH is 1. The Hall–Kier alpha value is -4.28. The molecule has 10 heteroatoms. The van der Waals surface area contributed by atoms with Crippen LogP contribution in [0.3, 0.4) is 0 Å². The van der Waals surface area contributed by atoms with Crippen LogP contribution in [0, 0.1) is 11.8 Å². The zero-order valence-electron chi connectivity index (χ0n) is 28.9. The minimum atomic E-state index is -1.30. The van der Waals surface area contributed by atoms with Crippen LogP contribution < -0.4 is 5.32 Å². The summed E-state index contributed by atoms with van der Waals surface area (Å²) in [6, 6.07) is 15.7. The molecule has 10 nitrogen and oxygen atoms in total. The van der Waals surface area contributed by atoms with Crippen LogP contribution in [0.25, 0.3) is 0 Å². The number of carbonyl (C=O) groups is 4. The molecule has 1 spiro atoms. The molecule has 5 rings (SSSR count). The number of hydrogen-bond donors (Lipinski definition) is 2. The van der Waals surface area contributed by atoms with Gasteiger partial charge in [-0.15, -0.1) is 13.2 Å². The van der Waals surface area contributed by atoms with Gasteiger partial charge in [0.05, 0.1) is 36.6 Å². The molecule has 0 aliphatic carbocycles.